The second-order valence-electron chi connectivity index (χ2n) is 2.16. The van der Waals surface area contributed by atoms with Crippen LogP contribution >= 0.6 is 7.75 Å². The predicted molar refractivity (Wildman–Crippen MR) is 38.9 cm³/mol. The van der Waals surface area contributed by atoms with Gasteiger partial charge in [-0.1, -0.05) is 0 Å². The van der Waals surface area contributed by atoms with Gasteiger partial charge in [-0.05, 0) is 0 Å². The summed E-state index contributed by atoms with van der Waals surface area (Å²) in [6.45, 7) is 0. The maximum Gasteiger partial charge on any atom is 0.401 e. The van der Waals surface area contributed by atoms with Crippen LogP contribution in [-0.2, 0) is 14.2 Å². The molecule has 5 N–H and O–H groups in total. The first-order chi connectivity index (χ1) is 5.72. The maximum absolute atomic E-state index is 10.3. The standard InChI is InChI=1S/C4H8NO7P/c6-3(7)1-2(4(8)9)5-13(10,11)12/h2H,1H2,(H,6,7)(H,8,9)(H3,5,10,11,12)/t2-/m0/s1. The number of aliphatic carboxylic acids is 2. The van der Waals surface area contributed by atoms with E-state index in [0.29, 0.717) is 0 Å². The SMILES string of the molecule is O=C(O)C[C@H](NP(=O)(O)O)C(=O)O. The van der Waals surface area contributed by atoms with Crippen molar-refractivity contribution in [1.82, 2.24) is 5.09 Å². The number of carboxylic acid groups (broad SMARTS) is 2. The highest BCUT2D eigenvalue weighted by Gasteiger charge is 2.27. The van der Waals surface area contributed by atoms with E-state index in [1.807, 2.05) is 0 Å². The zero-order valence-electron chi connectivity index (χ0n) is 6.25. The zero-order chi connectivity index (χ0) is 10.6. The van der Waals surface area contributed by atoms with Gasteiger partial charge in [0.15, 0.2) is 0 Å². The molecule has 0 spiro atoms. The van der Waals surface area contributed by atoms with Crippen LogP contribution in [0.5, 0.6) is 0 Å². The quantitative estimate of drug-likeness (QED) is 0.350. The van der Waals surface area contributed by atoms with Gasteiger partial charge in [0.05, 0.1) is 6.42 Å². The lowest BCUT2D eigenvalue weighted by Gasteiger charge is -2.12. The van der Waals surface area contributed by atoms with Gasteiger partial charge in [-0.2, -0.15) is 0 Å². The Kier molecular flexibility index (Phi) is 4.02. The van der Waals surface area contributed by atoms with Crippen LogP contribution in [0.25, 0.3) is 0 Å². The molecule has 1 atom stereocenters. The van der Waals surface area contributed by atoms with Gasteiger partial charge in [0.25, 0.3) is 0 Å². The summed E-state index contributed by atoms with van der Waals surface area (Å²) in [6, 6.07) is -1.79. The molecule has 0 unspecified atom stereocenters. The third-order valence-corrected chi connectivity index (χ3v) is 1.65. The lowest BCUT2D eigenvalue weighted by molar-refractivity contribution is -0.145. The minimum Gasteiger partial charge on any atom is -0.481 e. The molecule has 0 fully saturated rings. The Morgan fingerprint density at radius 2 is 1.77 bits per heavy atom. The van der Waals surface area contributed by atoms with Gasteiger partial charge in [-0.25, -0.2) is 9.65 Å². The van der Waals surface area contributed by atoms with Crippen LogP contribution < -0.4 is 5.09 Å². The molecular weight excluding hydrogens is 205 g/mol. The van der Waals surface area contributed by atoms with Crippen LogP contribution in [0.2, 0.25) is 0 Å². The monoisotopic (exact) mass is 213 g/mol. The third-order valence-electron chi connectivity index (χ3n) is 1.00. The van der Waals surface area contributed by atoms with E-state index in [0.717, 1.165) is 0 Å². The van der Waals surface area contributed by atoms with Crippen molar-refractivity contribution >= 4 is 19.7 Å². The number of carbonyl (C=O) groups is 2. The van der Waals surface area contributed by atoms with Crippen LogP contribution in [-0.4, -0.2) is 38.0 Å². The Balaban J connectivity index is 4.36. The largest absolute Gasteiger partial charge is 0.481 e. The fourth-order valence-electron chi connectivity index (χ4n) is 0.566. The van der Waals surface area contributed by atoms with Crippen LogP contribution in [0.4, 0.5) is 0 Å². The van der Waals surface area contributed by atoms with Gasteiger partial charge in [0, 0.05) is 0 Å². The first kappa shape index (κ1) is 12.0. The molecule has 76 valence electrons. The molecule has 0 aliphatic heterocycles. The summed E-state index contributed by atoms with van der Waals surface area (Å²) >= 11 is 0. The van der Waals surface area contributed by atoms with Crippen molar-refractivity contribution in [2.75, 3.05) is 0 Å². The first-order valence-corrected chi connectivity index (χ1v) is 4.61. The third kappa shape index (κ3) is 6.23. The Labute approximate surface area is 72.4 Å². The Morgan fingerprint density at radius 1 is 1.31 bits per heavy atom. The van der Waals surface area contributed by atoms with Crippen molar-refractivity contribution in [3.05, 3.63) is 0 Å². The molecule has 0 aliphatic carbocycles. The highest BCUT2D eigenvalue weighted by Crippen LogP contribution is 2.29. The second-order valence-corrected chi connectivity index (χ2v) is 3.51. The van der Waals surface area contributed by atoms with E-state index in [2.05, 4.69) is 0 Å². The second kappa shape index (κ2) is 4.33. The molecule has 0 radical (unpaired) electrons. The molecule has 0 aromatic heterocycles. The van der Waals surface area contributed by atoms with Crippen LogP contribution in [0, 0.1) is 0 Å². The number of hydrogen-bond donors (Lipinski definition) is 5. The van der Waals surface area contributed by atoms with Gasteiger partial charge in [0.2, 0.25) is 0 Å². The zero-order valence-corrected chi connectivity index (χ0v) is 7.14. The van der Waals surface area contributed by atoms with E-state index in [-0.39, 0.29) is 0 Å². The Hall–Kier alpha value is -0.950. The molecule has 8 nitrogen and oxygen atoms in total. The van der Waals surface area contributed by atoms with Crippen LogP contribution in [0.1, 0.15) is 6.42 Å². The summed E-state index contributed by atoms with van der Waals surface area (Å²) in [6.07, 6.45) is -0.902. The van der Waals surface area contributed by atoms with Crippen LogP contribution in [0.15, 0.2) is 0 Å². The van der Waals surface area contributed by atoms with Gasteiger partial charge >= 0.3 is 19.7 Å². The number of carboxylic acids is 2. The van der Waals surface area contributed by atoms with Crippen molar-refractivity contribution < 1.29 is 34.2 Å². The van der Waals surface area contributed by atoms with Crippen molar-refractivity contribution in [1.29, 1.82) is 0 Å². The summed E-state index contributed by atoms with van der Waals surface area (Å²) in [5, 5.41) is 17.9. The first-order valence-electron chi connectivity index (χ1n) is 3.00. The van der Waals surface area contributed by atoms with Gasteiger partial charge in [-0.3, -0.25) is 9.59 Å². The molecule has 0 saturated carbocycles. The molecule has 0 aliphatic rings. The smallest absolute Gasteiger partial charge is 0.401 e. The molecule has 0 aromatic rings. The minimum atomic E-state index is -4.73. The van der Waals surface area contributed by atoms with Gasteiger partial charge in [0.1, 0.15) is 6.04 Å². The van der Waals surface area contributed by atoms with E-state index in [1.54, 1.807) is 0 Å². The number of nitrogens with one attached hydrogen (secondary N) is 1. The topological polar surface area (TPSA) is 144 Å². The molecule has 0 rings (SSSR count). The summed E-state index contributed by atoms with van der Waals surface area (Å²) in [5.74, 6) is -3.10. The van der Waals surface area contributed by atoms with Crippen molar-refractivity contribution in [2.45, 2.75) is 12.5 Å². The highest BCUT2D eigenvalue weighted by atomic mass is 31.2. The van der Waals surface area contributed by atoms with Crippen LogP contribution in [0.3, 0.4) is 0 Å². The van der Waals surface area contributed by atoms with E-state index >= 15 is 0 Å². The lowest BCUT2D eigenvalue weighted by Crippen LogP contribution is -2.36. The Bertz CT molecular complexity index is 257. The fourth-order valence-corrected chi connectivity index (χ4v) is 1.17. The van der Waals surface area contributed by atoms with Crippen molar-refractivity contribution in [3.8, 4) is 0 Å². The van der Waals surface area contributed by atoms with E-state index < -0.39 is 32.1 Å². The highest BCUT2D eigenvalue weighted by molar-refractivity contribution is 7.49. The molecule has 0 amide bonds. The number of hydrogen-bond acceptors (Lipinski definition) is 3. The molecular formula is C4H8NO7P. The summed E-state index contributed by atoms with van der Waals surface area (Å²) in [7, 11) is -4.73. The van der Waals surface area contributed by atoms with Gasteiger partial charge < -0.3 is 20.0 Å². The molecule has 0 saturated heterocycles. The van der Waals surface area contributed by atoms with E-state index in [4.69, 9.17) is 20.0 Å². The molecule has 0 heterocycles. The lowest BCUT2D eigenvalue weighted by atomic mass is 10.2. The minimum absolute atomic E-state index is 0.902. The van der Waals surface area contributed by atoms with E-state index in [9.17, 15) is 14.2 Å². The fraction of sp³-hybridized carbons (Fsp3) is 0.500. The Morgan fingerprint density at radius 3 is 2.00 bits per heavy atom. The summed E-state index contributed by atoms with van der Waals surface area (Å²) in [4.78, 5) is 36.9. The predicted octanol–water partition coefficient (Wildman–Crippen LogP) is -1.40. The van der Waals surface area contributed by atoms with Crippen molar-refractivity contribution in [3.63, 3.8) is 0 Å². The normalized spacial score (nSPS) is 13.7. The summed E-state index contributed by atoms with van der Waals surface area (Å²) in [5.41, 5.74) is 0. The molecule has 9 heteroatoms. The molecule has 0 bridgehead atoms. The maximum atomic E-state index is 10.3. The molecule has 0 aromatic carbocycles. The summed E-state index contributed by atoms with van der Waals surface area (Å²) < 4.78 is 10.3. The van der Waals surface area contributed by atoms with Crippen molar-refractivity contribution in [2.24, 2.45) is 0 Å². The molecule has 13 heavy (non-hydrogen) atoms. The number of rotatable bonds is 5. The van der Waals surface area contributed by atoms with E-state index in [1.165, 1.54) is 5.09 Å². The average molecular weight is 213 g/mol. The van der Waals surface area contributed by atoms with Gasteiger partial charge in [-0.15, -0.1) is 0 Å². The average Bonchev–Trinajstić information content (AvgIpc) is 1.81.